The lowest BCUT2D eigenvalue weighted by atomic mass is 10.1. The smallest absolute Gasteiger partial charge is 0.303 e. The van der Waals surface area contributed by atoms with E-state index in [0.717, 1.165) is 44.9 Å². The van der Waals surface area contributed by atoms with Gasteiger partial charge in [-0.05, 0) is 51.4 Å². The van der Waals surface area contributed by atoms with Crippen LogP contribution in [0.15, 0.2) is 72.9 Å². The highest BCUT2D eigenvalue weighted by atomic mass is 16.4. The molecule has 0 aromatic rings. The average molecular weight is 399 g/mol. The maximum atomic E-state index is 11.5. The van der Waals surface area contributed by atoms with Crippen molar-refractivity contribution in [3.63, 3.8) is 0 Å². The Morgan fingerprint density at radius 2 is 1.00 bits per heavy atom. The van der Waals surface area contributed by atoms with Gasteiger partial charge < -0.3 is 5.11 Å². The average Bonchev–Trinajstić information content (AvgIpc) is 2.69. The van der Waals surface area contributed by atoms with E-state index in [2.05, 4.69) is 73.8 Å². The molecule has 0 saturated carbocycles. The van der Waals surface area contributed by atoms with Crippen molar-refractivity contribution in [3.8, 4) is 0 Å². The van der Waals surface area contributed by atoms with Crippen LogP contribution in [0.25, 0.3) is 0 Å². The molecule has 3 nitrogen and oxygen atoms in total. The second-order valence-electron chi connectivity index (χ2n) is 6.74. The molecule has 160 valence electrons. The van der Waals surface area contributed by atoms with Gasteiger partial charge in [0, 0.05) is 19.3 Å². The second kappa shape index (κ2) is 21.9. The normalized spacial score (nSPS) is 12.7. The van der Waals surface area contributed by atoms with Gasteiger partial charge in [-0.3, -0.25) is 9.59 Å². The number of Topliss-reactive ketones (excluding diaryl/α,β-unsaturated/α-hetero) is 1. The van der Waals surface area contributed by atoms with Crippen LogP contribution in [0.3, 0.4) is 0 Å². The molecule has 0 aliphatic heterocycles. The summed E-state index contributed by atoms with van der Waals surface area (Å²) in [7, 11) is 0. The van der Waals surface area contributed by atoms with Crippen molar-refractivity contribution < 1.29 is 14.7 Å². The number of hydrogen-bond donors (Lipinski definition) is 1. The quantitative estimate of drug-likeness (QED) is 0.247. The van der Waals surface area contributed by atoms with E-state index >= 15 is 0 Å². The van der Waals surface area contributed by atoms with Crippen LogP contribution >= 0.6 is 0 Å². The summed E-state index contributed by atoms with van der Waals surface area (Å²) in [5, 5.41) is 8.53. The van der Waals surface area contributed by atoms with E-state index in [4.69, 9.17) is 5.11 Å². The summed E-state index contributed by atoms with van der Waals surface area (Å²) in [5.41, 5.74) is 0. The molecule has 0 atom stereocenters. The van der Waals surface area contributed by atoms with E-state index in [1.165, 1.54) is 0 Å². The van der Waals surface area contributed by atoms with Crippen molar-refractivity contribution in [3.05, 3.63) is 72.9 Å². The largest absolute Gasteiger partial charge is 0.481 e. The Morgan fingerprint density at radius 1 is 0.586 bits per heavy atom. The zero-order chi connectivity index (χ0) is 21.4. The molecular weight excluding hydrogens is 360 g/mol. The number of carboxylic acids is 1. The highest BCUT2D eigenvalue weighted by Crippen LogP contribution is 2.03. The number of carbonyl (C=O) groups is 2. The summed E-state index contributed by atoms with van der Waals surface area (Å²) >= 11 is 0. The van der Waals surface area contributed by atoms with Crippen LogP contribution in [0.5, 0.6) is 0 Å². The molecule has 0 spiro atoms. The van der Waals surface area contributed by atoms with E-state index in [0.29, 0.717) is 19.3 Å². The Morgan fingerprint density at radius 3 is 1.41 bits per heavy atom. The van der Waals surface area contributed by atoms with Crippen LogP contribution in [-0.2, 0) is 9.59 Å². The van der Waals surface area contributed by atoms with Gasteiger partial charge in [-0.1, -0.05) is 79.8 Å². The Bertz CT molecular complexity index is 589. The number of rotatable bonds is 18. The Kier molecular flexibility index (Phi) is 20.0. The van der Waals surface area contributed by atoms with Gasteiger partial charge in [0.2, 0.25) is 0 Å². The van der Waals surface area contributed by atoms with Crippen molar-refractivity contribution in [2.45, 2.75) is 77.6 Å². The number of carboxylic acid groups (broad SMARTS) is 1. The lowest BCUT2D eigenvalue weighted by Crippen LogP contribution is -2.00. The second-order valence-corrected chi connectivity index (χ2v) is 6.74. The van der Waals surface area contributed by atoms with Gasteiger partial charge in [0.15, 0.2) is 0 Å². The molecule has 0 unspecified atom stereocenters. The van der Waals surface area contributed by atoms with E-state index in [1.807, 2.05) is 6.08 Å². The summed E-state index contributed by atoms with van der Waals surface area (Å²) < 4.78 is 0. The summed E-state index contributed by atoms with van der Waals surface area (Å²) in [4.78, 5) is 21.9. The number of ketones is 1. The fraction of sp³-hybridized carbons (Fsp3) is 0.462. The van der Waals surface area contributed by atoms with E-state index in [-0.39, 0.29) is 12.2 Å². The SMILES string of the molecule is CC/C=C\C/C=C\C/C=C\C/C=C\C/C=C\C/C=C\CCC(=O)CCCC(=O)O. The minimum atomic E-state index is -0.838. The van der Waals surface area contributed by atoms with Crippen LogP contribution in [0, 0.1) is 0 Å². The first-order valence-electron chi connectivity index (χ1n) is 10.8. The lowest BCUT2D eigenvalue weighted by Gasteiger charge is -1.96. The zero-order valence-corrected chi connectivity index (χ0v) is 18.0. The number of allylic oxidation sites excluding steroid dienone is 12. The molecule has 29 heavy (non-hydrogen) atoms. The first-order chi connectivity index (χ1) is 14.2. The molecule has 0 radical (unpaired) electrons. The molecule has 0 amide bonds. The molecule has 0 aromatic carbocycles. The van der Waals surface area contributed by atoms with Crippen molar-refractivity contribution in [1.82, 2.24) is 0 Å². The Balaban J connectivity index is 3.57. The first kappa shape index (κ1) is 26.6. The molecule has 0 bridgehead atoms. The van der Waals surface area contributed by atoms with Crippen LogP contribution in [-0.4, -0.2) is 16.9 Å². The predicted molar refractivity (Wildman–Crippen MR) is 124 cm³/mol. The fourth-order valence-electron chi connectivity index (χ4n) is 2.45. The summed E-state index contributed by atoms with van der Waals surface area (Å²) in [5.74, 6) is -0.694. The van der Waals surface area contributed by atoms with Crippen LogP contribution in [0.2, 0.25) is 0 Å². The van der Waals surface area contributed by atoms with Gasteiger partial charge in [-0.25, -0.2) is 0 Å². The Labute approximate surface area is 177 Å². The highest BCUT2D eigenvalue weighted by molar-refractivity contribution is 5.79. The molecule has 0 heterocycles. The molecule has 0 rings (SSSR count). The van der Waals surface area contributed by atoms with Crippen molar-refractivity contribution in [2.75, 3.05) is 0 Å². The van der Waals surface area contributed by atoms with Crippen LogP contribution in [0.4, 0.5) is 0 Å². The number of hydrogen-bond acceptors (Lipinski definition) is 2. The van der Waals surface area contributed by atoms with E-state index in [1.54, 1.807) is 0 Å². The minimum Gasteiger partial charge on any atom is -0.481 e. The molecule has 0 aliphatic carbocycles. The lowest BCUT2D eigenvalue weighted by molar-refractivity contribution is -0.137. The summed E-state index contributed by atoms with van der Waals surface area (Å²) in [6.07, 6.45) is 33.9. The highest BCUT2D eigenvalue weighted by Gasteiger charge is 2.02. The molecule has 0 saturated heterocycles. The van der Waals surface area contributed by atoms with E-state index < -0.39 is 5.97 Å². The third kappa shape index (κ3) is 23.5. The van der Waals surface area contributed by atoms with Gasteiger partial charge >= 0.3 is 5.97 Å². The number of aliphatic carboxylic acids is 1. The maximum absolute atomic E-state index is 11.5. The monoisotopic (exact) mass is 398 g/mol. The molecule has 0 fully saturated rings. The van der Waals surface area contributed by atoms with Crippen LogP contribution < -0.4 is 0 Å². The topological polar surface area (TPSA) is 54.4 Å². The van der Waals surface area contributed by atoms with E-state index in [9.17, 15) is 9.59 Å². The standard InChI is InChI=1S/C26H38O3/c1-2-3-4-5-6-7-8-9-10-11-12-13-14-15-16-17-18-19-20-22-25(27)23-21-24-26(28)29/h3-4,6-7,9-10,12-13,15-16,18-19H,2,5,8,11,14,17,20-24H2,1H3,(H,28,29)/b4-3-,7-6-,10-9-,13-12-,16-15-,19-18-. The third-order valence-electron chi connectivity index (χ3n) is 4.03. The molecule has 0 aromatic heterocycles. The zero-order valence-electron chi connectivity index (χ0n) is 18.0. The third-order valence-corrected chi connectivity index (χ3v) is 4.03. The fourth-order valence-corrected chi connectivity index (χ4v) is 2.45. The number of carbonyl (C=O) groups excluding carboxylic acids is 1. The predicted octanol–water partition coefficient (Wildman–Crippen LogP) is 7.29. The Hall–Kier alpha value is -2.42. The van der Waals surface area contributed by atoms with Gasteiger partial charge in [0.05, 0.1) is 0 Å². The van der Waals surface area contributed by atoms with Gasteiger partial charge in [0.1, 0.15) is 5.78 Å². The van der Waals surface area contributed by atoms with Gasteiger partial charge in [0.25, 0.3) is 0 Å². The molecule has 3 heteroatoms. The van der Waals surface area contributed by atoms with Gasteiger partial charge in [-0.2, -0.15) is 0 Å². The first-order valence-corrected chi connectivity index (χ1v) is 10.8. The molecule has 1 N–H and O–H groups in total. The molecular formula is C26H38O3. The summed E-state index contributed by atoms with van der Waals surface area (Å²) in [6, 6.07) is 0. The maximum Gasteiger partial charge on any atom is 0.303 e. The van der Waals surface area contributed by atoms with Crippen molar-refractivity contribution in [1.29, 1.82) is 0 Å². The van der Waals surface area contributed by atoms with Crippen molar-refractivity contribution >= 4 is 11.8 Å². The minimum absolute atomic E-state index is 0.0751. The summed E-state index contributed by atoms with van der Waals surface area (Å²) in [6.45, 7) is 2.15. The molecule has 0 aliphatic rings. The van der Waals surface area contributed by atoms with Gasteiger partial charge in [-0.15, -0.1) is 0 Å². The van der Waals surface area contributed by atoms with Crippen molar-refractivity contribution in [2.24, 2.45) is 0 Å². The van der Waals surface area contributed by atoms with Crippen LogP contribution in [0.1, 0.15) is 77.6 Å².